The minimum absolute atomic E-state index is 0.215. The molecule has 3 aromatic rings. The first kappa shape index (κ1) is 27.9. The molecule has 1 N–H and O–H groups in total. The van der Waals surface area contributed by atoms with Crippen molar-refractivity contribution in [1.82, 2.24) is 4.90 Å². The highest BCUT2D eigenvalue weighted by atomic mass is 79.9. The molecule has 4 rings (SSSR count). The maximum absolute atomic E-state index is 12.9. The first-order valence-electron chi connectivity index (χ1n) is 11.7. The molecule has 0 saturated carbocycles. The van der Waals surface area contributed by atoms with Crippen LogP contribution in [0.3, 0.4) is 0 Å². The fraction of sp³-hybridized carbons (Fsp3) is 0.179. The van der Waals surface area contributed by atoms with Gasteiger partial charge in [0.2, 0.25) is 5.91 Å². The van der Waals surface area contributed by atoms with Gasteiger partial charge in [-0.1, -0.05) is 47.1 Å². The van der Waals surface area contributed by atoms with Crippen molar-refractivity contribution in [2.75, 3.05) is 19.0 Å². The van der Waals surface area contributed by atoms with Crippen LogP contribution in [-0.2, 0) is 22.6 Å². The molecule has 0 radical (unpaired) electrons. The molecule has 1 aliphatic rings. The molecular weight excluding hydrogens is 636 g/mol. The highest BCUT2D eigenvalue weighted by molar-refractivity contribution is 9.10. The van der Waals surface area contributed by atoms with Crippen molar-refractivity contribution in [2.24, 2.45) is 0 Å². The summed E-state index contributed by atoms with van der Waals surface area (Å²) in [5.41, 5.74) is 3.37. The quantitative estimate of drug-likeness (QED) is 0.248. The number of nitrogens with zero attached hydrogens (tertiary/aromatic N) is 1. The number of hydrogen-bond acceptors (Lipinski definition) is 6. The molecule has 0 unspecified atom stereocenters. The van der Waals surface area contributed by atoms with Gasteiger partial charge in [0.05, 0.1) is 16.5 Å². The Bertz CT molecular complexity index is 1390. The smallest absolute Gasteiger partial charge is 0.294 e. The van der Waals surface area contributed by atoms with E-state index in [0.29, 0.717) is 33.8 Å². The van der Waals surface area contributed by atoms with Gasteiger partial charge in [0.1, 0.15) is 13.2 Å². The zero-order valence-corrected chi connectivity index (χ0v) is 24.6. The Hall–Kier alpha value is -3.08. The van der Waals surface area contributed by atoms with Crippen LogP contribution in [0, 0.1) is 0 Å². The third kappa shape index (κ3) is 6.86. The van der Waals surface area contributed by atoms with E-state index in [1.165, 1.54) is 7.11 Å². The van der Waals surface area contributed by atoms with E-state index in [9.17, 15) is 14.4 Å². The van der Waals surface area contributed by atoms with Gasteiger partial charge in [-0.25, -0.2) is 0 Å². The monoisotopic (exact) mass is 658 g/mol. The maximum atomic E-state index is 12.9. The molecule has 3 aromatic carbocycles. The number of thioether (sulfide) groups is 1. The van der Waals surface area contributed by atoms with Crippen LogP contribution >= 0.6 is 43.6 Å². The summed E-state index contributed by atoms with van der Waals surface area (Å²) in [7, 11) is 1.53. The number of rotatable bonds is 9. The van der Waals surface area contributed by atoms with Crippen molar-refractivity contribution in [3.63, 3.8) is 0 Å². The molecule has 1 saturated heterocycles. The number of carbonyl (C=O) groups is 3. The number of imide groups is 1. The van der Waals surface area contributed by atoms with Crippen molar-refractivity contribution < 1.29 is 23.9 Å². The number of nitrogens with one attached hydrogen (secondary N) is 1. The second kappa shape index (κ2) is 12.6. The Kier molecular flexibility index (Phi) is 9.30. The maximum Gasteiger partial charge on any atom is 0.294 e. The van der Waals surface area contributed by atoms with E-state index in [-0.39, 0.29) is 11.4 Å². The SMILES string of the molecule is CCc1ccc(NC(=O)CN2C(=O)S/C(=C/c3cc(Br)c(OCc4ccc(Br)cc4)c(OC)c3)C2=O)cc1. The van der Waals surface area contributed by atoms with Crippen LogP contribution in [0.5, 0.6) is 11.5 Å². The summed E-state index contributed by atoms with van der Waals surface area (Å²) in [6.45, 7) is 2.02. The van der Waals surface area contributed by atoms with E-state index in [1.807, 2.05) is 43.3 Å². The van der Waals surface area contributed by atoms with E-state index in [1.54, 1.807) is 30.3 Å². The molecule has 196 valence electrons. The molecule has 0 atom stereocenters. The fourth-order valence-corrected chi connectivity index (χ4v) is 5.33. The zero-order chi connectivity index (χ0) is 27.2. The number of aryl methyl sites for hydroxylation is 1. The van der Waals surface area contributed by atoms with Crippen LogP contribution in [-0.4, -0.2) is 35.6 Å². The molecule has 0 aromatic heterocycles. The van der Waals surface area contributed by atoms with Gasteiger partial charge in [0, 0.05) is 10.2 Å². The molecule has 0 aliphatic carbocycles. The predicted octanol–water partition coefficient (Wildman–Crippen LogP) is 7.04. The largest absolute Gasteiger partial charge is 0.493 e. The number of benzene rings is 3. The van der Waals surface area contributed by atoms with E-state index in [2.05, 4.69) is 37.2 Å². The lowest BCUT2D eigenvalue weighted by atomic mass is 10.1. The molecule has 1 fully saturated rings. The Morgan fingerprint density at radius 1 is 1.03 bits per heavy atom. The van der Waals surface area contributed by atoms with Gasteiger partial charge in [0.15, 0.2) is 11.5 Å². The lowest BCUT2D eigenvalue weighted by Crippen LogP contribution is -2.36. The van der Waals surface area contributed by atoms with E-state index < -0.39 is 17.1 Å². The van der Waals surface area contributed by atoms with Crippen LogP contribution in [0.15, 0.2) is 74.5 Å². The highest BCUT2D eigenvalue weighted by Crippen LogP contribution is 2.39. The summed E-state index contributed by atoms with van der Waals surface area (Å²) < 4.78 is 13.1. The first-order valence-corrected chi connectivity index (χ1v) is 14.1. The average molecular weight is 660 g/mol. The summed E-state index contributed by atoms with van der Waals surface area (Å²) in [4.78, 5) is 39.1. The van der Waals surface area contributed by atoms with Crippen molar-refractivity contribution in [2.45, 2.75) is 20.0 Å². The number of anilines is 1. The van der Waals surface area contributed by atoms with Crippen LogP contribution in [0.25, 0.3) is 6.08 Å². The highest BCUT2D eigenvalue weighted by Gasteiger charge is 2.36. The number of amides is 3. The second-order valence-electron chi connectivity index (χ2n) is 8.32. The molecular formula is C28H24Br2N2O5S. The Balaban J connectivity index is 1.44. The van der Waals surface area contributed by atoms with Crippen molar-refractivity contribution >= 4 is 72.4 Å². The number of ether oxygens (including phenoxy) is 2. The molecule has 7 nitrogen and oxygen atoms in total. The molecule has 0 spiro atoms. The molecule has 3 amide bonds. The third-order valence-corrected chi connectivity index (χ3v) is 7.69. The second-order valence-corrected chi connectivity index (χ2v) is 11.1. The molecule has 0 bridgehead atoms. The summed E-state index contributed by atoms with van der Waals surface area (Å²) in [5, 5.41) is 2.23. The van der Waals surface area contributed by atoms with Gasteiger partial charge in [-0.05, 0) is 93.3 Å². The standard InChI is InChI=1S/C28H24Br2N2O5S/c1-3-17-6-10-21(11-7-17)31-25(33)15-32-27(34)24(38-28(32)35)14-19-12-22(30)26(23(13-19)36-2)37-16-18-4-8-20(29)9-5-18/h4-14H,3,15-16H2,1-2H3,(H,31,33)/b24-14+. The van der Waals surface area contributed by atoms with Gasteiger partial charge in [0.25, 0.3) is 11.1 Å². The number of methoxy groups -OCH3 is 1. The van der Waals surface area contributed by atoms with Gasteiger partial charge < -0.3 is 14.8 Å². The lowest BCUT2D eigenvalue weighted by molar-refractivity contribution is -0.127. The van der Waals surface area contributed by atoms with Crippen LogP contribution < -0.4 is 14.8 Å². The van der Waals surface area contributed by atoms with E-state index in [0.717, 1.165) is 38.7 Å². The summed E-state index contributed by atoms with van der Waals surface area (Å²) in [5.74, 6) is 0.0105. The first-order chi connectivity index (χ1) is 18.3. The number of halogens is 2. The van der Waals surface area contributed by atoms with Crippen molar-refractivity contribution in [1.29, 1.82) is 0 Å². The zero-order valence-electron chi connectivity index (χ0n) is 20.6. The number of hydrogen-bond donors (Lipinski definition) is 1. The summed E-state index contributed by atoms with van der Waals surface area (Å²) >= 11 is 7.73. The van der Waals surface area contributed by atoms with Gasteiger partial charge in [-0.3, -0.25) is 19.3 Å². The van der Waals surface area contributed by atoms with Crippen molar-refractivity contribution in [3.05, 3.63) is 91.2 Å². The molecule has 1 heterocycles. The molecule has 10 heteroatoms. The lowest BCUT2D eigenvalue weighted by Gasteiger charge is -2.14. The Labute approximate surface area is 241 Å². The Morgan fingerprint density at radius 2 is 1.71 bits per heavy atom. The van der Waals surface area contributed by atoms with Crippen molar-refractivity contribution in [3.8, 4) is 11.5 Å². The number of carbonyl (C=O) groups excluding carboxylic acids is 3. The van der Waals surface area contributed by atoms with Crippen LogP contribution in [0.4, 0.5) is 10.5 Å². The van der Waals surface area contributed by atoms with Gasteiger partial charge in [-0.2, -0.15) is 0 Å². The van der Waals surface area contributed by atoms with E-state index >= 15 is 0 Å². The summed E-state index contributed by atoms with van der Waals surface area (Å²) in [6.07, 6.45) is 2.49. The normalized spacial score (nSPS) is 14.2. The van der Waals surface area contributed by atoms with Crippen LogP contribution in [0.2, 0.25) is 0 Å². The predicted molar refractivity (Wildman–Crippen MR) is 156 cm³/mol. The molecule has 38 heavy (non-hydrogen) atoms. The fourth-order valence-electron chi connectivity index (χ4n) is 3.65. The van der Waals surface area contributed by atoms with Gasteiger partial charge >= 0.3 is 0 Å². The van der Waals surface area contributed by atoms with E-state index in [4.69, 9.17) is 9.47 Å². The Morgan fingerprint density at radius 3 is 2.37 bits per heavy atom. The minimum Gasteiger partial charge on any atom is -0.493 e. The van der Waals surface area contributed by atoms with Gasteiger partial charge in [-0.15, -0.1) is 0 Å². The average Bonchev–Trinajstić information content (AvgIpc) is 3.16. The molecule has 1 aliphatic heterocycles. The topological polar surface area (TPSA) is 84.9 Å². The van der Waals surface area contributed by atoms with Crippen LogP contribution in [0.1, 0.15) is 23.6 Å². The summed E-state index contributed by atoms with van der Waals surface area (Å²) in [6, 6.07) is 18.7. The minimum atomic E-state index is -0.526. The third-order valence-electron chi connectivity index (χ3n) is 5.67.